The summed E-state index contributed by atoms with van der Waals surface area (Å²) in [5.41, 5.74) is 0. The number of hydrogen-bond donors (Lipinski definition) is 0. The SMILES string of the molecule is CC/C=C/C=C/C=C/C=C/C=C/CCCC(=O)OCC(COC(=O)CCCCCCC/C=C/C=C/C=C/CCCCCCC)OC(=O)CCCCCC/C=C/C/C=C/C/C=C/CC. The van der Waals surface area contributed by atoms with Gasteiger partial charge in [0.25, 0.3) is 0 Å². The fourth-order valence-corrected chi connectivity index (χ4v) is 6.13. The van der Waals surface area contributed by atoms with Gasteiger partial charge < -0.3 is 14.2 Å². The molecule has 0 rings (SSSR count). The van der Waals surface area contributed by atoms with Crippen LogP contribution in [0.2, 0.25) is 0 Å². The van der Waals surface area contributed by atoms with E-state index in [4.69, 9.17) is 14.2 Å². The van der Waals surface area contributed by atoms with E-state index >= 15 is 0 Å². The van der Waals surface area contributed by atoms with Crippen LogP contribution in [0.25, 0.3) is 0 Å². The second kappa shape index (κ2) is 50.2. The molecule has 0 bridgehead atoms. The standard InChI is InChI=1S/C57H88O6/c1-4-7-10-13-16-19-22-25-27-28-29-30-33-35-38-41-44-47-50-56(59)62-53-54(52-61-55(58)49-46-43-40-37-34-31-24-21-18-15-12-9-6-3)63-57(60)51-48-45-42-39-36-32-26-23-20-17-14-11-8-5-2/h8-9,11-12,15,17-18,20-22,24-32,34,37,40,54H,4-7,10,13-14,16,19,23,33,35-36,38-39,41-53H2,1-3H3/b11-8+,12-9+,18-15+,20-17+,24-21+,25-22+,28-27+,30-29+,32-26+,34-31+,40-37+. The van der Waals surface area contributed by atoms with Crippen LogP contribution in [0.3, 0.4) is 0 Å². The number of hydrogen-bond acceptors (Lipinski definition) is 6. The van der Waals surface area contributed by atoms with E-state index in [2.05, 4.69) is 99.8 Å². The highest BCUT2D eigenvalue weighted by molar-refractivity contribution is 5.71. The van der Waals surface area contributed by atoms with Gasteiger partial charge in [0.2, 0.25) is 0 Å². The van der Waals surface area contributed by atoms with Crippen molar-refractivity contribution >= 4 is 17.9 Å². The smallest absolute Gasteiger partial charge is 0.306 e. The number of esters is 3. The molecule has 6 nitrogen and oxygen atoms in total. The molecule has 0 N–H and O–H groups in total. The van der Waals surface area contributed by atoms with Gasteiger partial charge in [-0.2, -0.15) is 0 Å². The van der Waals surface area contributed by atoms with Gasteiger partial charge in [0.05, 0.1) is 0 Å². The monoisotopic (exact) mass is 869 g/mol. The van der Waals surface area contributed by atoms with Crippen LogP contribution in [0.4, 0.5) is 0 Å². The van der Waals surface area contributed by atoms with Crippen LogP contribution < -0.4 is 0 Å². The fraction of sp³-hybridized carbons (Fsp3) is 0.561. The summed E-state index contributed by atoms with van der Waals surface area (Å²) < 4.78 is 16.7. The van der Waals surface area contributed by atoms with Crippen LogP contribution in [0.15, 0.2) is 134 Å². The summed E-state index contributed by atoms with van der Waals surface area (Å²) in [4.78, 5) is 37.9. The molecular weight excluding hydrogens is 781 g/mol. The molecule has 1 unspecified atom stereocenters. The summed E-state index contributed by atoms with van der Waals surface area (Å²) in [6.07, 6.45) is 70.1. The van der Waals surface area contributed by atoms with E-state index in [9.17, 15) is 14.4 Å². The Kier molecular flexibility index (Phi) is 46.7. The first-order valence-electron chi connectivity index (χ1n) is 24.8. The molecule has 0 aromatic carbocycles. The van der Waals surface area contributed by atoms with Crippen molar-refractivity contribution in [3.8, 4) is 0 Å². The topological polar surface area (TPSA) is 78.9 Å². The maximum absolute atomic E-state index is 12.8. The second-order valence-electron chi connectivity index (χ2n) is 15.8. The summed E-state index contributed by atoms with van der Waals surface area (Å²) >= 11 is 0. The van der Waals surface area contributed by atoms with Gasteiger partial charge >= 0.3 is 17.9 Å². The molecule has 0 aliphatic rings. The summed E-state index contributed by atoms with van der Waals surface area (Å²) in [6.45, 7) is 6.23. The minimum atomic E-state index is -0.831. The molecule has 0 saturated heterocycles. The van der Waals surface area contributed by atoms with E-state index in [1.165, 1.54) is 32.1 Å². The van der Waals surface area contributed by atoms with Crippen molar-refractivity contribution in [1.82, 2.24) is 0 Å². The third-order valence-corrected chi connectivity index (χ3v) is 9.81. The Morgan fingerprint density at radius 3 is 1.22 bits per heavy atom. The molecule has 0 aromatic rings. The Hall–Kier alpha value is -4.45. The molecule has 0 spiro atoms. The third-order valence-electron chi connectivity index (χ3n) is 9.81. The first-order valence-corrected chi connectivity index (χ1v) is 24.8. The van der Waals surface area contributed by atoms with Crippen molar-refractivity contribution < 1.29 is 28.6 Å². The average molecular weight is 869 g/mol. The molecule has 0 aromatic heterocycles. The lowest BCUT2D eigenvalue weighted by molar-refractivity contribution is -0.167. The Bertz CT molecular complexity index is 1420. The Morgan fingerprint density at radius 2 is 0.714 bits per heavy atom. The van der Waals surface area contributed by atoms with Gasteiger partial charge in [-0.25, -0.2) is 0 Å². The molecule has 352 valence electrons. The van der Waals surface area contributed by atoms with Crippen LogP contribution >= 0.6 is 0 Å². The number of carbonyl (C=O) groups is 3. The van der Waals surface area contributed by atoms with Crippen LogP contribution in [0, 0.1) is 0 Å². The van der Waals surface area contributed by atoms with Crippen molar-refractivity contribution in [3.05, 3.63) is 134 Å². The average Bonchev–Trinajstić information content (AvgIpc) is 3.28. The highest BCUT2D eigenvalue weighted by atomic mass is 16.6. The lowest BCUT2D eigenvalue weighted by atomic mass is 10.1. The highest BCUT2D eigenvalue weighted by Gasteiger charge is 2.19. The normalized spacial score (nSPS) is 13.3. The molecule has 0 radical (unpaired) electrons. The highest BCUT2D eigenvalue weighted by Crippen LogP contribution is 2.12. The zero-order valence-corrected chi connectivity index (χ0v) is 40.0. The number of carbonyl (C=O) groups excluding carboxylic acids is 3. The first kappa shape index (κ1) is 58.6. The molecule has 63 heavy (non-hydrogen) atoms. The van der Waals surface area contributed by atoms with Crippen molar-refractivity contribution in [2.45, 2.75) is 194 Å². The van der Waals surface area contributed by atoms with Crippen molar-refractivity contribution in [3.63, 3.8) is 0 Å². The van der Waals surface area contributed by atoms with E-state index in [0.717, 1.165) is 109 Å². The minimum Gasteiger partial charge on any atom is -0.462 e. The molecule has 0 heterocycles. The van der Waals surface area contributed by atoms with E-state index in [0.29, 0.717) is 12.8 Å². The molecule has 0 saturated carbocycles. The molecule has 0 fully saturated rings. The maximum atomic E-state index is 12.8. The van der Waals surface area contributed by atoms with Crippen LogP contribution in [0.1, 0.15) is 188 Å². The maximum Gasteiger partial charge on any atom is 0.306 e. The molecule has 0 aliphatic carbocycles. The van der Waals surface area contributed by atoms with Crippen LogP contribution in [-0.4, -0.2) is 37.2 Å². The minimum absolute atomic E-state index is 0.126. The number of allylic oxidation sites excluding steroid dienone is 22. The lowest BCUT2D eigenvalue weighted by Crippen LogP contribution is -2.30. The number of rotatable bonds is 42. The van der Waals surface area contributed by atoms with E-state index in [1.54, 1.807) is 0 Å². The summed E-state index contributed by atoms with van der Waals surface area (Å²) in [5.74, 6) is -1.06. The van der Waals surface area contributed by atoms with Crippen molar-refractivity contribution in [1.29, 1.82) is 0 Å². The van der Waals surface area contributed by atoms with E-state index in [-0.39, 0.29) is 44.0 Å². The first-order chi connectivity index (χ1) is 31.0. The van der Waals surface area contributed by atoms with Gasteiger partial charge in [-0.3, -0.25) is 14.4 Å². The third kappa shape index (κ3) is 48.4. The number of ether oxygens (including phenoxy) is 3. The molecule has 0 aliphatic heterocycles. The summed E-state index contributed by atoms with van der Waals surface area (Å²) in [7, 11) is 0. The van der Waals surface area contributed by atoms with E-state index in [1.807, 2.05) is 54.7 Å². The van der Waals surface area contributed by atoms with Gasteiger partial charge in [-0.05, 0) is 89.9 Å². The Morgan fingerprint density at radius 1 is 0.349 bits per heavy atom. The predicted octanol–water partition coefficient (Wildman–Crippen LogP) is 16.3. The number of unbranched alkanes of at least 4 members (excludes halogenated alkanes) is 15. The summed E-state index contributed by atoms with van der Waals surface area (Å²) in [6, 6.07) is 0. The Balaban J connectivity index is 4.57. The van der Waals surface area contributed by atoms with Crippen LogP contribution in [0.5, 0.6) is 0 Å². The lowest BCUT2D eigenvalue weighted by Gasteiger charge is -2.18. The van der Waals surface area contributed by atoms with E-state index < -0.39 is 6.10 Å². The van der Waals surface area contributed by atoms with Crippen LogP contribution in [-0.2, 0) is 28.6 Å². The molecule has 0 amide bonds. The largest absolute Gasteiger partial charge is 0.462 e. The molecular formula is C57H88O6. The molecule has 6 heteroatoms. The zero-order chi connectivity index (χ0) is 45.8. The van der Waals surface area contributed by atoms with Gasteiger partial charge in [-0.1, -0.05) is 212 Å². The van der Waals surface area contributed by atoms with Gasteiger partial charge in [0.15, 0.2) is 6.10 Å². The molecule has 1 atom stereocenters. The summed E-state index contributed by atoms with van der Waals surface area (Å²) in [5, 5.41) is 0. The second-order valence-corrected chi connectivity index (χ2v) is 15.8. The van der Waals surface area contributed by atoms with Gasteiger partial charge in [0, 0.05) is 19.3 Å². The van der Waals surface area contributed by atoms with Gasteiger partial charge in [-0.15, -0.1) is 0 Å². The van der Waals surface area contributed by atoms with Crippen molar-refractivity contribution in [2.75, 3.05) is 13.2 Å². The fourth-order valence-electron chi connectivity index (χ4n) is 6.13. The predicted molar refractivity (Wildman–Crippen MR) is 269 cm³/mol. The zero-order valence-electron chi connectivity index (χ0n) is 40.0. The van der Waals surface area contributed by atoms with Gasteiger partial charge in [0.1, 0.15) is 13.2 Å². The van der Waals surface area contributed by atoms with Crippen molar-refractivity contribution in [2.24, 2.45) is 0 Å². The quantitative estimate of drug-likeness (QED) is 0.0200. The Labute approximate surface area is 385 Å².